The van der Waals surface area contributed by atoms with Crippen LogP contribution in [0.2, 0.25) is 5.02 Å². The van der Waals surface area contributed by atoms with Crippen LogP contribution in [0.15, 0.2) is 18.2 Å². The van der Waals surface area contributed by atoms with Crippen molar-refractivity contribution in [2.24, 2.45) is 0 Å². The second kappa shape index (κ2) is 6.46. The number of halogens is 1. The molecule has 2 rings (SSSR count). The van der Waals surface area contributed by atoms with Crippen LogP contribution in [0.4, 0.5) is 0 Å². The van der Waals surface area contributed by atoms with E-state index in [0.29, 0.717) is 0 Å². The third-order valence-electron chi connectivity index (χ3n) is 2.93. The summed E-state index contributed by atoms with van der Waals surface area (Å²) in [5.41, 5.74) is 2.24. The number of nitrogens with one attached hydrogen (secondary N) is 1. The first-order valence-electron chi connectivity index (χ1n) is 6.45. The Morgan fingerprint density at radius 3 is 2.84 bits per heavy atom. The van der Waals surface area contributed by atoms with Gasteiger partial charge in [0.05, 0.1) is 6.04 Å². The van der Waals surface area contributed by atoms with Crippen LogP contribution < -0.4 is 5.32 Å². The summed E-state index contributed by atoms with van der Waals surface area (Å²) in [6.45, 7) is 7.31. The molecule has 0 aliphatic carbocycles. The van der Waals surface area contributed by atoms with Gasteiger partial charge in [0.2, 0.25) is 0 Å². The average molecular weight is 296 g/mol. The Kier molecular flexibility index (Phi) is 4.91. The van der Waals surface area contributed by atoms with Crippen molar-refractivity contribution in [2.75, 3.05) is 6.54 Å². The smallest absolute Gasteiger partial charge is 0.148 e. The summed E-state index contributed by atoms with van der Waals surface area (Å²) in [4.78, 5) is 0. The minimum absolute atomic E-state index is 0.249. The molecule has 0 spiro atoms. The van der Waals surface area contributed by atoms with Crippen molar-refractivity contribution in [1.29, 1.82) is 0 Å². The SMILES string of the molecule is CCCNC(C)c1nnc(-c2ccc(Cl)cc2C)s1. The van der Waals surface area contributed by atoms with Gasteiger partial charge in [-0.2, -0.15) is 0 Å². The fourth-order valence-electron chi connectivity index (χ4n) is 1.83. The molecule has 0 amide bonds. The normalized spacial score (nSPS) is 12.6. The molecule has 1 heterocycles. The van der Waals surface area contributed by atoms with Gasteiger partial charge in [-0.1, -0.05) is 35.9 Å². The summed E-state index contributed by atoms with van der Waals surface area (Å²) >= 11 is 7.61. The summed E-state index contributed by atoms with van der Waals surface area (Å²) in [6.07, 6.45) is 1.12. The minimum Gasteiger partial charge on any atom is -0.308 e. The van der Waals surface area contributed by atoms with E-state index in [2.05, 4.69) is 29.4 Å². The quantitative estimate of drug-likeness (QED) is 0.897. The van der Waals surface area contributed by atoms with E-state index in [-0.39, 0.29) is 6.04 Å². The summed E-state index contributed by atoms with van der Waals surface area (Å²) < 4.78 is 0. The topological polar surface area (TPSA) is 37.8 Å². The third-order valence-corrected chi connectivity index (χ3v) is 4.30. The fourth-order valence-corrected chi connectivity index (χ4v) is 3.02. The fraction of sp³-hybridized carbons (Fsp3) is 0.429. The second-order valence-electron chi connectivity index (χ2n) is 4.58. The number of rotatable bonds is 5. The molecule has 0 aliphatic heterocycles. The molecule has 0 radical (unpaired) electrons. The molecule has 102 valence electrons. The number of hydrogen-bond acceptors (Lipinski definition) is 4. The van der Waals surface area contributed by atoms with E-state index >= 15 is 0 Å². The van der Waals surface area contributed by atoms with E-state index in [0.717, 1.165) is 39.1 Å². The Hall–Kier alpha value is -0.970. The molecular formula is C14H18ClN3S. The third kappa shape index (κ3) is 3.53. The first-order valence-corrected chi connectivity index (χ1v) is 7.64. The van der Waals surface area contributed by atoms with Crippen molar-refractivity contribution in [2.45, 2.75) is 33.2 Å². The molecule has 1 N–H and O–H groups in total. The Labute approximate surface area is 123 Å². The van der Waals surface area contributed by atoms with Crippen molar-refractivity contribution in [1.82, 2.24) is 15.5 Å². The molecule has 1 unspecified atom stereocenters. The molecule has 3 nitrogen and oxygen atoms in total. The van der Waals surface area contributed by atoms with Crippen molar-refractivity contribution in [3.8, 4) is 10.6 Å². The Morgan fingerprint density at radius 2 is 2.16 bits per heavy atom. The number of benzene rings is 1. The van der Waals surface area contributed by atoms with Gasteiger partial charge < -0.3 is 5.32 Å². The van der Waals surface area contributed by atoms with Crippen LogP contribution in [0.1, 0.15) is 36.9 Å². The van der Waals surface area contributed by atoms with Crippen molar-refractivity contribution in [3.05, 3.63) is 33.8 Å². The highest BCUT2D eigenvalue weighted by atomic mass is 35.5. The second-order valence-corrected chi connectivity index (χ2v) is 6.03. The molecular weight excluding hydrogens is 278 g/mol. The van der Waals surface area contributed by atoms with Gasteiger partial charge in [0.25, 0.3) is 0 Å². The maximum absolute atomic E-state index is 5.97. The number of hydrogen-bond donors (Lipinski definition) is 1. The molecule has 1 aromatic heterocycles. The van der Waals surface area contributed by atoms with Crippen molar-refractivity contribution >= 4 is 22.9 Å². The lowest BCUT2D eigenvalue weighted by molar-refractivity contribution is 0.564. The molecule has 1 aromatic carbocycles. The van der Waals surface area contributed by atoms with Crippen LogP contribution in [-0.4, -0.2) is 16.7 Å². The highest BCUT2D eigenvalue weighted by Crippen LogP contribution is 2.30. The first kappa shape index (κ1) is 14.4. The predicted octanol–water partition coefficient (Wildman–Crippen LogP) is 4.23. The summed E-state index contributed by atoms with van der Waals surface area (Å²) in [5.74, 6) is 0. The largest absolute Gasteiger partial charge is 0.308 e. The summed E-state index contributed by atoms with van der Waals surface area (Å²) in [6, 6.07) is 6.10. The number of aryl methyl sites for hydroxylation is 1. The standard InChI is InChI=1S/C14H18ClN3S/c1-4-7-16-10(3)13-17-18-14(19-13)12-6-5-11(15)8-9(12)2/h5-6,8,10,16H,4,7H2,1-3H3. The van der Waals surface area contributed by atoms with E-state index in [1.165, 1.54) is 0 Å². The molecule has 2 aromatic rings. The Bertz CT molecular complexity index is 553. The van der Waals surface area contributed by atoms with Crippen LogP contribution in [0.25, 0.3) is 10.6 Å². The Morgan fingerprint density at radius 1 is 1.37 bits per heavy atom. The van der Waals surface area contributed by atoms with Gasteiger partial charge in [0, 0.05) is 10.6 Å². The van der Waals surface area contributed by atoms with Crippen LogP contribution in [0.3, 0.4) is 0 Å². The molecule has 0 bridgehead atoms. The monoisotopic (exact) mass is 295 g/mol. The summed E-state index contributed by atoms with van der Waals surface area (Å²) in [7, 11) is 0. The first-order chi connectivity index (χ1) is 9.11. The number of nitrogens with zero attached hydrogens (tertiary/aromatic N) is 2. The van der Waals surface area contributed by atoms with Gasteiger partial charge in [0.1, 0.15) is 10.0 Å². The average Bonchev–Trinajstić information content (AvgIpc) is 2.85. The summed E-state index contributed by atoms with van der Waals surface area (Å²) in [5, 5.41) is 14.7. The molecule has 5 heteroatoms. The van der Waals surface area contributed by atoms with Crippen molar-refractivity contribution in [3.63, 3.8) is 0 Å². The van der Waals surface area contributed by atoms with Gasteiger partial charge in [-0.3, -0.25) is 0 Å². The molecule has 0 aliphatic rings. The van der Waals surface area contributed by atoms with E-state index in [9.17, 15) is 0 Å². The highest BCUT2D eigenvalue weighted by Gasteiger charge is 2.13. The van der Waals surface area contributed by atoms with E-state index in [1.807, 2.05) is 25.1 Å². The van der Waals surface area contributed by atoms with E-state index < -0.39 is 0 Å². The van der Waals surface area contributed by atoms with Crippen LogP contribution in [0.5, 0.6) is 0 Å². The van der Waals surface area contributed by atoms with Gasteiger partial charge in [0.15, 0.2) is 0 Å². The lowest BCUT2D eigenvalue weighted by Crippen LogP contribution is -2.18. The predicted molar refractivity (Wildman–Crippen MR) is 81.8 cm³/mol. The maximum atomic E-state index is 5.97. The minimum atomic E-state index is 0.249. The van der Waals surface area contributed by atoms with Gasteiger partial charge >= 0.3 is 0 Å². The zero-order chi connectivity index (χ0) is 13.8. The van der Waals surface area contributed by atoms with Gasteiger partial charge in [-0.15, -0.1) is 10.2 Å². The van der Waals surface area contributed by atoms with E-state index in [1.54, 1.807) is 11.3 Å². The van der Waals surface area contributed by atoms with Crippen LogP contribution in [-0.2, 0) is 0 Å². The molecule has 19 heavy (non-hydrogen) atoms. The molecule has 0 saturated carbocycles. The molecule has 1 atom stereocenters. The Balaban J connectivity index is 2.20. The number of aromatic nitrogens is 2. The molecule has 0 fully saturated rings. The maximum Gasteiger partial charge on any atom is 0.148 e. The van der Waals surface area contributed by atoms with Crippen LogP contribution >= 0.6 is 22.9 Å². The van der Waals surface area contributed by atoms with Gasteiger partial charge in [-0.25, -0.2) is 0 Å². The highest BCUT2D eigenvalue weighted by molar-refractivity contribution is 7.14. The zero-order valence-electron chi connectivity index (χ0n) is 11.4. The lowest BCUT2D eigenvalue weighted by Gasteiger charge is -2.08. The van der Waals surface area contributed by atoms with Crippen LogP contribution in [0, 0.1) is 6.92 Å². The van der Waals surface area contributed by atoms with E-state index in [4.69, 9.17) is 11.6 Å². The van der Waals surface area contributed by atoms with Gasteiger partial charge in [-0.05, 0) is 44.5 Å². The molecule has 0 saturated heterocycles. The van der Waals surface area contributed by atoms with Crippen molar-refractivity contribution < 1.29 is 0 Å². The zero-order valence-corrected chi connectivity index (χ0v) is 13.0. The lowest BCUT2D eigenvalue weighted by atomic mass is 10.1.